The molecule has 2 N–H and O–H groups in total. The minimum absolute atomic E-state index is 0.198. The first-order valence-corrected chi connectivity index (χ1v) is 7.58. The fourth-order valence-corrected chi connectivity index (χ4v) is 2.17. The molecule has 0 aliphatic rings. The highest BCUT2D eigenvalue weighted by Gasteiger charge is 2.05. The second-order valence-corrected chi connectivity index (χ2v) is 5.54. The van der Waals surface area contributed by atoms with Crippen molar-refractivity contribution < 1.29 is 9.84 Å². The van der Waals surface area contributed by atoms with Gasteiger partial charge in [0.25, 0.3) is 0 Å². The summed E-state index contributed by atoms with van der Waals surface area (Å²) in [6.45, 7) is 0.396. The first kappa shape index (κ1) is 16.2. The second kappa shape index (κ2) is 7.76. The van der Waals surface area contributed by atoms with Crippen molar-refractivity contribution in [1.82, 2.24) is 0 Å². The van der Waals surface area contributed by atoms with Crippen LogP contribution in [0.4, 0.5) is 5.69 Å². The fourth-order valence-electron chi connectivity index (χ4n) is 1.62. The molecular weight excluding hydrogens is 333 g/mol. The SMILES string of the molecule is OC(CCl)CNc1ccc(Oc2ccc(Cl)cc2Cl)cc1. The lowest BCUT2D eigenvalue weighted by Crippen LogP contribution is -2.20. The third-order valence-electron chi connectivity index (χ3n) is 2.70. The predicted molar refractivity (Wildman–Crippen MR) is 88.2 cm³/mol. The van der Waals surface area contributed by atoms with E-state index in [0.717, 1.165) is 5.69 Å². The lowest BCUT2D eigenvalue weighted by atomic mass is 10.3. The van der Waals surface area contributed by atoms with Gasteiger partial charge >= 0.3 is 0 Å². The Balaban J connectivity index is 1.99. The number of halogens is 3. The van der Waals surface area contributed by atoms with Crippen molar-refractivity contribution in [2.45, 2.75) is 6.10 Å². The van der Waals surface area contributed by atoms with Crippen LogP contribution in [-0.2, 0) is 0 Å². The minimum Gasteiger partial charge on any atom is -0.456 e. The molecule has 6 heteroatoms. The largest absolute Gasteiger partial charge is 0.456 e. The van der Waals surface area contributed by atoms with Gasteiger partial charge in [0.05, 0.1) is 17.0 Å². The van der Waals surface area contributed by atoms with E-state index in [2.05, 4.69) is 5.32 Å². The summed E-state index contributed by atoms with van der Waals surface area (Å²) in [5, 5.41) is 13.5. The van der Waals surface area contributed by atoms with Crippen molar-refractivity contribution in [3.63, 3.8) is 0 Å². The Hall–Kier alpha value is -1.13. The van der Waals surface area contributed by atoms with E-state index in [-0.39, 0.29) is 5.88 Å². The van der Waals surface area contributed by atoms with Gasteiger partial charge in [0.1, 0.15) is 11.5 Å². The quantitative estimate of drug-likeness (QED) is 0.738. The van der Waals surface area contributed by atoms with E-state index in [1.54, 1.807) is 30.3 Å². The maximum absolute atomic E-state index is 9.38. The van der Waals surface area contributed by atoms with Gasteiger partial charge in [0.2, 0.25) is 0 Å². The van der Waals surface area contributed by atoms with Crippen molar-refractivity contribution in [2.24, 2.45) is 0 Å². The first-order valence-electron chi connectivity index (χ1n) is 6.29. The Morgan fingerprint density at radius 2 is 1.81 bits per heavy atom. The monoisotopic (exact) mass is 345 g/mol. The van der Waals surface area contributed by atoms with Gasteiger partial charge in [-0.3, -0.25) is 0 Å². The third kappa shape index (κ3) is 4.97. The van der Waals surface area contributed by atoms with Crippen LogP contribution in [-0.4, -0.2) is 23.6 Å². The van der Waals surface area contributed by atoms with Crippen molar-refractivity contribution in [2.75, 3.05) is 17.7 Å². The second-order valence-electron chi connectivity index (χ2n) is 4.39. The van der Waals surface area contributed by atoms with E-state index in [9.17, 15) is 5.11 Å². The number of aliphatic hydroxyl groups is 1. The van der Waals surface area contributed by atoms with Gasteiger partial charge in [-0.1, -0.05) is 23.2 Å². The molecule has 0 saturated carbocycles. The predicted octanol–water partition coefficient (Wildman–Crippen LogP) is 4.80. The Morgan fingerprint density at radius 3 is 2.43 bits per heavy atom. The van der Waals surface area contributed by atoms with Crippen molar-refractivity contribution in [1.29, 1.82) is 0 Å². The molecule has 0 saturated heterocycles. The number of nitrogens with one attached hydrogen (secondary N) is 1. The highest BCUT2D eigenvalue weighted by molar-refractivity contribution is 6.35. The van der Waals surface area contributed by atoms with E-state index >= 15 is 0 Å². The molecule has 3 nitrogen and oxygen atoms in total. The van der Waals surface area contributed by atoms with Crippen molar-refractivity contribution in [3.8, 4) is 11.5 Å². The zero-order chi connectivity index (χ0) is 15.2. The van der Waals surface area contributed by atoms with Gasteiger partial charge in [-0.05, 0) is 42.5 Å². The molecule has 0 bridgehead atoms. The summed E-state index contributed by atoms with van der Waals surface area (Å²) in [5.74, 6) is 1.39. The Labute approximate surface area is 138 Å². The Bertz CT molecular complexity index is 590. The molecular formula is C15H14Cl3NO2. The number of hydrogen-bond donors (Lipinski definition) is 2. The van der Waals surface area contributed by atoms with Gasteiger partial charge < -0.3 is 15.2 Å². The van der Waals surface area contributed by atoms with E-state index in [0.29, 0.717) is 28.1 Å². The summed E-state index contributed by atoms with van der Waals surface area (Å²) in [4.78, 5) is 0. The fraction of sp³-hybridized carbons (Fsp3) is 0.200. The van der Waals surface area contributed by atoms with Crippen LogP contribution in [0.25, 0.3) is 0 Å². The standard InChI is InChI=1S/C15H14Cl3NO2/c16-8-12(20)9-19-11-2-4-13(5-3-11)21-15-6-1-10(17)7-14(15)18/h1-7,12,19-20H,8-9H2. The molecule has 0 spiro atoms. The van der Waals surface area contributed by atoms with Gasteiger partial charge in [-0.25, -0.2) is 0 Å². The van der Waals surface area contributed by atoms with Crippen LogP contribution < -0.4 is 10.1 Å². The van der Waals surface area contributed by atoms with Crippen LogP contribution in [0, 0.1) is 0 Å². The molecule has 0 fully saturated rings. The molecule has 1 atom stereocenters. The van der Waals surface area contributed by atoms with E-state index in [4.69, 9.17) is 39.5 Å². The van der Waals surface area contributed by atoms with Crippen LogP contribution in [0.1, 0.15) is 0 Å². The first-order chi connectivity index (χ1) is 10.1. The molecule has 0 aliphatic carbocycles. The number of rotatable bonds is 6. The Kier molecular flexibility index (Phi) is 6.00. The maximum Gasteiger partial charge on any atom is 0.146 e. The molecule has 0 heterocycles. The van der Waals surface area contributed by atoms with Crippen LogP contribution in [0.2, 0.25) is 10.0 Å². The highest BCUT2D eigenvalue weighted by Crippen LogP contribution is 2.31. The van der Waals surface area contributed by atoms with Gasteiger partial charge in [0, 0.05) is 17.3 Å². The number of alkyl halides is 1. The van der Waals surface area contributed by atoms with Crippen molar-refractivity contribution >= 4 is 40.5 Å². The maximum atomic E-state index is 9.38. The number of hydrogen-bond acceptors (Lipinski definition) is 3. The molecule has 0 radical (unpaired) electrons. The van der Waals surface area contributed by atoms with Crippen LogP contribution >= 0.6 is 34.8 Å². The summed E-state index contributed by atoms with van der Waals surface area (Å²) in [7, 11) is 0. The molecule has 2 rings (SSSR count). The number of ether oxygens (including phenoxy) is 1. The average molecular weight is 347 g/mol. The molecule has 1 unspecified atom stereocenters. The molecule has 0 aromatic heterocycles. The Morgan fingerprint density at radius 1 is 1.10 bits per heavy atom. The summed E-state index contributed by atoms with van der Waals surface area (Å²) in [6.07, 6.45) is -0.574. The van der Waals surface area contributed by atoms with Crippen molar-refractivity contribution in [3.05, 3.63) is 52.5 Å². The summed E-state index contributed by atoms with van der Waals surface area (Å²) in [5.41, 5.74) is 0.869. The van der Waals surface area contributed by atoms with Crippen LogP contribution in [0.3, 0.4) is 0 Å². The number of anilines is 1. The summed E-state index contributed by atoms with van der Waals surface area (Å²) >= 11 is 17.4. The normalized spacial score (nSPS) is 12.0. The zero-order valence-corrected chi connectivity index (χ0v) is 13.3. The van der Waals surface area contributed by atoms with Crippen LogP contribution in [0.5, 0.6) is 11.5 Å². The van der Waals surface area contributed by atoms with Gasteiger partial charge in [-0.2, -0.15) is 0 Å². The minimum atomic E-state index is -0.574. The third-order valence-corrected chi connectivity index (χ3v) is 3.58. The van der Waals surface area contributed by atoms with Gasteiger partial charge in [-0.15, -0.1) is 11.6 Å². The molecule has 0 amide bonds. The van der Waals surface area contributed by atoms with Gasteiger partial charge in [0.15, 0.2) is 0 Å². The van der Waals surface area contributed by atoms with E-state index in [1.807, 2.05) is 12.1 Å². The average Bonchev–Trinajstić information content (AvgIpc) is 2.49. The molecule has 0 aliphatic heterocycles. The smallest absolute Gasteiger partial charge is 0.146 e. The van der Waals surface area contributed by atoms with Crippen LogP contribution in [0.15, 0.2) is 42.5 Å². The molecule has 21 heavy (non-hydrogen) atoms. The summed E-state index contributed by atoms with van der Waals surface area (Å²) in [6, 6.07) is 12.4. The number of aliphatic hydroxyl groups excluding tert-OH is 1. The highest BCUT2D eigenvalue weighted by atomic mass is 35.5. The molecule has 112 valence electrons. The van der Waals surface area contributed by atoms with E-state index in [1.165, 1.54) is 0 Å². The topological polar surface area (TPSA) is 41.5 Å². The summed E-state index contributed by atoms with van der Waals surface area (Å²) < 4.78 is 5.68. The number of benzene rings is 2. The lowest BCUT2D eigenvalue weighted by molar-refractivity contribution is 0.211. The van der Waals surface area contributed by atoms with E-state index < -0.39 is 6.10 Å². The molecule has 2 aromatic carbocycles. The lowest BCUT2D eigenvalue weighted by Gasteiger charge is -2.11. The zero-order valence-electron chi connectivity index (χ0n) is 11.0. The molecule has 2 aromatic rings.